The molecule has 2 heterocycles. The zero-order chi connectivity index (χ0) is 14.1. The Morgan fingerprint density at radius 1 is 1.25 bits per heavy atom. The fraction of sp³-hybridized carbons (Fsp3) is 0.250. The first-order valence-electron chi connectivity index (χ1n) is 6.76. The molecule has 4 nitrogen and oxygen atoms in total. The highest BCUT2D eigenvalue weighted by molar-refractivity contribution is 6.05. The van der Waals surface area contributed by atoms with Crippen molar-refractivity contribution in [1.29, 1.82) is 0 Å². The van der Waals surface area contributed by atoms with Crippen molar-refractivity contribution in [3.8, 4) is 0 Å². The minimum Gasteiger partial charge on any atom is -0.384 e. The van der Waals surface area contributed by atoms with Crippen LogP contribution in [0.2, 0.25) is 0 Å². The molecule has 0 saturated carbocycles. The molecular formula is C16H17N3O. The number of nitrogens with one attached hydrogen (secondary N) is 2. The quantitative estimate of drug-likeness (QED) is 0.879. The number of anilines is 2. The summed E-state index contributed by atoms with van der Waals surface area (Å²) in [5, 5.41) is 6.25. The predicted octanol–water partition coefficient (Wildman–Crippen LogP) is 2.92. The highest BCUT2D eigenvalue weighted by atomic mass is 16.1. The van der Waals surface area contributed by atoms with E-state index in [1.807, 2.05) is 44.2 Å². The van der Waals surface area contributed by atoms with E-state index in [1.165, 1.54) is 5.56 Å². The third-order valence-corrected chi connectivity index (χ3v) is 3.54. The number of benzene rings is 1. The minimum atomic E-state index is -0.110. The van der Waals surface area contributed by atoms with Crippen LogP contribution in [-0.2, 0) is 6.42 Å². The third-order valence-electron chi connectivity index (χ3n) is 3.54. The first-order valence-corrected chi connectivity index (χ1v) is 6.76. The molecule has 1 aromatic heterocycles. The zero-order valence-corrected chi connectivity index (χ0v) is 11.7. The second-order valence-electron chi connectivity index (χ2n) is 5.09. The molecule has 0 aliphatic carbocycles. The van der Waals surface area contributed by atoms with Gasteiger partial charge in [-0.25, -0.2) is 0 Å². The number of hydrogen-bond donors (Lipinski definition) is 2. The zero-order valence-electron chi connectivity index (χ0n) is 11.7. The second-order valence-corrected chi connectivity index (χ2v) is 5.09. The van der Waals surface area contributed by atoms with E-state index in [4.69, 9.17) is 0 Å². The molecule has 4 heteroatoms. The fourth-order valence-corrected chi connectivity index (χ4v) is 2.51. The van der Waals surface area contributed by atoms with Gasteiger partial charge < -0.3 is 10.6 Å². The van der Waals surface area contributed by atoms with Gasteiger partial charge in [0.15, 0.2) is 0 Å². The van der Waals surface area contributed by atoms with E-state index in [0.717, 1.165) is 35.7 Å². The molecule has 2 N–H and O–H groups in total. The van der Waals surface area contributed by atoms with Crippen LogP contribution in [0.4, 0.5) is 11.4 Å². The fourth-order valence-electron chi connectivity index (χ4n) is 2.51. The van der Waals surface area contributed by atoms with Crippen LogP contribution in [0.1, 0.15) is 27.3 Å². The largest absolute Gasteiger partial charge is 0.384 e. The Hall–Kier alpha value is -2.36. The van der Waals surface area contributed by atoms with Gasteiger partial charge in [-0.1, -0.05) is 0 Å². The average molecular weight is 267 g/mol. The van der Waals surface area contributed by atoms with Crippen molar-refractivity contribution in [2.75, 3.05) is 17.2 Å². The van der Waals surface area contributed by atoms with Crippen molar-refractivity contribution in [1.82, 2.24) is 4.98 Å². The van der Waals surface area contributed by atoms with Crippen LogP contribution in [0.25, 0.3) is 0 Å². The molecule has 0 atom stereocenters. The molecule has 2 aromatic rings. The normalized spacial score (nSPS) is 12.7. The lowest BCUT2D eigenvalue weighted by Gasteiger charge is -2.09. The van der Waals surface area contributed by atoms with Crippen LogP contribution in [0.5, 0.6) is 0 Å². The molecule has 0 fully saturated rings. The molecule has 0 radical (unpaired) electrons. The van der Waals surface area contributed by atoms with Gasteiger partial charge in [0, 0.05) is 23.6 Å². The first-order chi connectivity index (χ1) is 9.63. The van der Waals surface area contributed by atoms with Crippen molar-refractivity contribution in [3.05, 3.63) is 52.8 Å². The van der Waals surface area contributed by atoms with Gasteiger partial charge in [0.25, 0.3) is 5.91 Å². The highest BCUT2D eigenvalue weighted by Gasteiger charge is 2.13. The van der Waals surface area contributed by atoms with E-state index >= 15 is 0 Å². The Kier molecular flexibility index (Phi) is 3.14. The molecule has 0 bridgehead atoms. The number of aryl methyl sites for hydroxylation is 2. The number of carbonyl (C=O) groups is 1. The summed E-state index contributed by atoms with van der Waals surface area (Å²) in [6, 6.07) is 9.64. The number of nitrogens with zero attached hydrogens (tertiary/aromatic N) is 1. The second kappa shape index (κ2) is 4.96. The standard InChI is InChI=1S/C16H17N3O/c1-10-3-5-14(11(2)18-10)16(20)19-13-4-6-15-12(9-13)7-8-17-15/h3-6,9,17H,7-8H2,1-2H3,(H,19,20). The van der Waals surface area contributed by atoms with Gasteiger partial charge >= 0.3 is 0 Å². The number of rotatable bonds is 2. The number of carbonyl (C=O) groups excluding carboxylic acids is 1. The smallest absolute Gasteiger partial charge is 0.257 e. The lowest BCUT2D eigenvalue weighted by atomic mass is 10.1. The van der Waals surface area contributed by atoms with Gasteiger partial charge in [-0.3, -0.25) is 9.78 Å². The maximum absolute atomic E-state index is 12.3. The summed E-state index contributed by atoms with van der Waals surface area (Å²) in [7, 11) is 0. The van der Waals surface area contributed by atoms with Crippen LogP contribution < -0.4 is 10.6 Å². The van der Waals surface area contributed by atoms with Gasteiger partial charge in [0.05, 0.1) is 11.3 Å². The summed E-state index contributed by atoms with van der Waals surface area (Å²) >= 11 is 0. The van der Waals surface area contributed by atoms with E-state index in [0.29, 0.717) is 5.56 Å². The first kappa shape index (κ1) is 12.7. The minimum absolute atomic E-state index is 0.110. The summed E-state index contributed by atoms with van der Waals surface area (Å²) in [6.07, 6.45) is 1.00. The molecule has 0 spiro atoms. The van der Waals surface area contributed by atoms with E-state index in [2.05, 4.69) is 15.6 Å². The number of fused-ring (bicyclic) bond motifs is 1. The van der Waals surface area contributed by atoms with Crippen molar-refractivity contribution in [2.45, 2.75) is 20.3 Å². The summed E-state index contributed by atoms with van der Waals surface area (Å²) in [4.78, 5) is 16.6. The van der Waals surface area contributed by atoms with Crippen LogP contribution in [-0.4, -0.2) is 17.4 Å². The summed E-state index contributed by atoms with van der Waals surface area (Å²) < 4.78 is 0. The molecule has 0 unspecified atom stereocenters. The lowest BCUT2D eigenvalue weighted by molar-refractivity contribution is 0.102. The monoisotopic (exact) mass is 267 g/mol. The molecule has 1 aromatic carbocycles. The Bertz CT molecular complexity index is 679. The molecular weight excluding hydrogens is 250 g/mol. The Morgan fingerprint density at radius 3 is 2.90 bits per heavy atom. The molecule has 1 amide bonds. The van der Waals surface area contributed by atoms with Crippen LogP contribution in [0.15, 0.2) is 30.3 Å². The topological polar surface area (TPSA) is 54.0 Å². The van der Waals surface area contributed by atoms with E-state index in [9.17, 15) is 4.79 Å². The van der Waals surface area contributed by atoms with Crippen LogP contribution in [0, 0.1) is 13.8 Å². The molecule has 1 aliphatic heterocycles. The van der Waals surface area contributed by atoms with Gasteiger partial charge in [-0.15, -0.1) is 0 Å². The Balaban J connectivity index is 1.82. The Morgan fingerprint density at radius 2 is 2.10 bits per heavy atom. The number of aromatic nitrogens is 1. The van der Waals surface area contributed by atoms with E-state index < -0.39 is 0 Å². The Labute approximate surface area is 118 Å². The van der Waals surface area contributed by atoms with Gasteiger partial charge in [-0.05, 0) is 56.2 Å². The van der Waals surface area contributed by atoms with Gasteiger partial charge in [-0.2, -0.15) is 0 Å². The third kappa shape index (κ3) is 2.37. The number of pyridine rings is 1. The van der Waals surface area contributed by atoms with E-state index in [1.54, 1.807) is 0 Å². The number of amides is 1. The van der Waals surface area contributed by atoms with Crippen LogP contribution >= 0.6 is 0 Å². The predicted molar refractivity (Wildman–Crippen MR) is 80.3 cm³/mol. The number of hydrogen-bond acceptors (Lipinski definition) is 3. The van der Waals surface area contributed by atoms with Crippen LogP contribution in [0.3, 0.4) is 0 Å². The average Bonchev–Trinajstić information content (AvgIpc) is 2.85. The maximum Gasteiger partial charge on any atom is 0.257 e. The summed E-state index contributed by atoms with van der Waals surface area (Å²) in [5.74, 6) is -0.110. The van der Waals surface area contributed by atoms with Gasteiger partial charge in [0.1, 0.15) is 0 Å². The summed E-state index contributed by atoms with van der Waals surface area (Å²) in [5.41, 5.74) is 5.54. The molecule has 0 saturated heterocycles. The van der Waals surface area contributed by atoms with Crippen molar-refractivity contribution < 1.29 is 4.79 Å². The molecule has 20 heavy (non-hydrogen) atoms. The maximum atomic E-state index is 12.3. The van der Waals surface area contributed by atoms with E-state index in [-0.39, 0.29) is 5.91 Å². The van der Waals surface area contributed by atoms with Crippen molar-refractivity contribution in [2.24, 2.45) is 0 Å². The molecule has 102 valence electrons. The SMILES string of the molecule is Cc1ccc(C(=O)Nc2ccc3c(c2)CCN3)c(C)n1. The molecule has 3 rings (SSSR count). The van der Waals surface area contributed by atoms with Crippen molar-refractivity contribution in [3.63, 3.8) is 0 Å². The molecule has 1 aliphatic rings. The van der Waals surface area contributed by atoms with Gasteiger partial charge in [0.2, 0.25) is 0 Å². The lowest BCUT2D eigenvalue weighted by Crippen LogP contribution is -2.14. The van der Waals surface area contributed by atoms with Crippen molar-refractivity contribution >= 4 is 17.3 Å². The highest BCUT2D eigenvalue weighted by Crippen LogP contribution is 2.25. The summed E-state index contributed by atoms with van der Waals surface area (Å²) in [6.45, 7) is 4.74.